The molecule has 160 valence electrons. The van der Waals surface area contributed by atoms with Gasteiger partial charge in [0.15, 0.2) is 0 Å². The van der Waals surface area contributed by atoms with E-state index in [-0.39, 0.29) is 30.7 Å². The fourth-order valence-corrected chi connectivity index (χ4v) is 3.71. The number of nitrogens with zero attached hydrogens (tertiary/aromatic N) is 2. The van der Waals surface area contributed by atoms with E-state index in [1.54, 1.807) is 12.1 Å². The molecule has 1 N–H and O–H groups in total. The molecule has 1 atom stereocenters. The van der Waals surface area contributed by atoms with E-state index in [0.29, 0.717) is 25.6 Å². The molecular formula is C19H28Cl2F3N3O. The van der Waals surface area contributed by atoms with E-state index in [2.05, 4.69) is 10.2 Å². The van der Waals surface area contributed by atoms with Crippen molar-refractivity contribution in [2.75, 3.05) is 32.7 Å². The van der Waals surface area contributed by atoms with Gasteiger partial charge in [0.2, 0.25) is 5.91 Å². The molecule has 0 spiro atoms. The molecule has 0 bridgehead atoms. The van der Waals surface area contributed by atoms with Crippen LogP contribution in [0.15, 0.2) is 24.3 Å². The van der Waals surface area contributed by atoms with Crippen LogP contribution in [0.5, 0.6) is 0 Å². The maximum Gasteiger partial charge on any atom is 0.416 e. The van der Waals surface area contributed by atoms with Crippen molar-refractivity contribution in [3.05, 3.63) is 35.4 Å². The van der Waals surface area contributed by atoms with Crippen LogP contribution in [-0.4, -0.2) is 54.5 Å². The molecule has 2 fully saturated rings. The third-order valence-electron chi connectivity index (χ3n) is 5.21. The number of benzene rings is 1. The van der Waals surface area contributed by atoms with E-state index in [0.717, 1.165) is 63.1 Å². The predicted molar refractivity (Wildman–Crippen MR) is 108 cm³/mol. The van der Waals surface area contributed by atoms with Gasteiger partial charge < -0.3 is 10.2 Å². The van der Waals surface area contributed by atoms with Crippen LogP contribution >= 0.6 is 24.8 Å². The first kappa shape index (κ1) is 25.0. The summed E-state index contributed by atoms with van der Waals surface area (Å²) in [5.41, 5.74) is 0.252. The van der Waals surface area contributed by atoms with Crippen molar-refractivity contribution in [2.45, 2.75) is 44.4 Å². The Morgan fingerprint density at radius 1 is 1.04 bits per heavy atom. The van der Waals surface area contributed by atoms with Gasteiger partial charge in [-0.2, -0.15) is 13.2 Å². The van der Waals surface area contributed by atoms with Gasteiger partial charge in [-0.1, -0.05) is 12.1 Å². The number of hydrogen-bond donors (Lipinski definition) is 1. The van der Waals surface area contributed by atoms with Crippen molar-refractivity contribution >= 4 is 30.7 Å². The smallest absolute Gasteiger partial charge is 0.341 e. The standard InChI is InChI=1S/C19H26F3N3O.2ClH/c20-19(21,22)16-6-4-15(5-7-16)14-24-9-2-10-25(12-11-24)18(26)13-17-3-1-8-23-17;;/h4-7,17,23H,1-3,8-14H2;2*1H. The number of halogens is 5. The molecule has 3 rings (SSSR count). The normalized spacial score (nSPS) is 20.8. The second kappa shape index (κ2) is 11.2. The Morgan fingerprint density at radius 2 is 1.75 bits per heavy atom. The Balaban J connectivity index is 0.00000196. The van der Waals surface area contributed by atoms with E-state index >= 15 is 0 Å². The van der Waals surface area contributed by atoms with Gasteiger partial charge in [-0.15, -0.1) is 24.8 Å². The third-order valence-corrected chi connectivity index (χ3v) is 5.21. The summed E-state index contributed by atoms with van der Waals surface area (Å²) in [7, 11) is 0. The zero-order valence-corrected chi connectivity index (χ0v) is 17.3. The average Bonchev–Trinajstić information content (AvgIpc) is 2.99. The minimum Gasteiger partial charge on any atom is -0.341 e. The van der Waals surface area contributed by atoms with Crippen molar-refractivity contribution in [3.8, 4) is 0 Å². The molecule has 4 nitrogen and oxygen atoms in total. The summed E-state index contributed by atoms with van der Waals surface area (Å²) in [6.07, 6.45) is -0.627. The van der Waals surface area contributed by atoms with Crippen LogP contribution in [0.2, 0.25) is 0 Å². The Labute approximate surface area is 176 Å². The summed E-state index contributed by atoms with van der Waals surface area (Å²) in [6, 6.07) is 5.67. The lowest BCUT2D eigenvalue weighted by Gasteiger charge is -2.23. The first-order valence-electron chi connectivity index (χ1n) is 9.31. The summed E-state index contributed by atoms with van der Waals surface area (Å²) in [6.45, 7) is 4.67. The van der Waals surface area contributed by atoms with Crippen molar-refractivity contribution in [2.24, 2.45) is 0 Å². The molecule has 28 heavy (non-hydrogen) atoms. The van der Waals surface area contributed by atoms with Gasteiger partial charge in [-0.25, -0.2) is 0 Å². The van der Waals surface area contributed by atoms with Gasteiger partial charge in [0.25, 0.3) is 0 Å². The van der Waals surface area contributed by atoms with Gasteiger partial charge >= 0.3 is 6.18 Å². The summed E-state index contributed by atoms with van der Waals surface area (Å²) in [4.78, 5) is 16.6. The number of rotatable bonds is 4. The Morgan fingerprint density at radius 3 is 2.36 bits per heavy atom. The summed E-state index contributed by atoms with van der Waals surface area (Å²) >= 11 is 0. The molecule has 1 aromatic rings. The van der Waals surface area contributed by atoms with Gasteiger partial charge in [-0.05, 0) is 43.5 Å². The van der Waals surface area contributed by atoms with Crippen LogP contribution in [0.4, 0.5) is 13.2 Å². The number of alkyl halides is 3. The molecule has 0 aromatic heterocycles. The molecule has 2 aliphatic rings. The van der Waals surface area contributed by atoms with Crippen molar-refractivity contribution < 1.29 is 18.0 Å². The Bertz CT molecular complexity index is 607. The highest BCUT2D eigenvalue weighted by molar-refractivity contribution is 5.85. The molecule has 1 aromatic carbocycles. The Kier molecular flexibility index (Phi) is 10.0. The highest BCUT2D eigenvalue weighted by Crippen LogP contribution is 2.29. The van der Waals surface area contributed by atoms with E-state index in [1.165, 1.54) is 0 Å². The zero-order valence-electron chi connectivity index (χ0n) is 15.7. The summed E-state index contributed by atoms with van der Waals surface area (Å²) < 4.78 is 37.9. The van der Waals surface area contributed by atoms with Crippen LogP contribution in [0.25, 0.3) is 0 Å². The fourth-order valence-electron chi connectivity index (χ4n) is 3.71. The fraction of sp³-hybridized carbons (Fsp3) is 0.632. The topological polar surface area (TPSA) is 35.6 Å². The third kappa shape index (κ3) is 7.10. The molecule has 0 aliphatic carbocycles. The highest BCUT2D eigenvalue weighted by Gasteiger charge is 2.30. The van der Waals surface area contributed by atoms with Gasteiger partial charge in [0.05, 0.1) is 5.56 Å². The van der Waals surface area contributed by atoms with Gasteiger partial charge in [0, 0.05) is 45.2 Å². The number of carbonyl (C=O) groups excluding carboxylic acids is 1. The Hall–Kier alpha value is -1.02. The van der Waals surface area contributed by atoms with Crippen molar-refractivity contribution in [3.63, 3.8) is 0 Å². The molecule has 1 amide bonds. The molecule has 2 aliphatic heterocycles. The highest BCUT2D eigenvalue weighted by atomic mass is 35.5. The second-order valence-electron chi connectivity index (χ2n) is 7.20. The lowest BCUT2D eigenvalue weighted by molar-refractivity contribution is -0.137. The van der Waals surface area contributed by atoms with Crippen LogP contribution in [-0.2, 0) is 17.5 Å². The van der Waals surface area contributed by atoms with Crippen LogP contribution in [0, 0.1) is 0 Å². The second-order valence-corrected chi connectivity index (χ2v) is 7.20. The van der Waals surface area contributed by atoms with Crippen LogP contribution in [0.3, 0.4) is 0 Å². The average molecular weight is 442 g/mol. The number of hydrogen-bond acceptors (Lipinski definition) is 3. The molecule has 1 unspecified atom stereocenters. The monoisotopic (exact) mass is 441 g/mol. The lowest BCUT2D eigenvalue weighted by Crippen LogP contribution is -2.38. The number of amides is 1. The molecule has 2 saturated heterocycles. The maximum atomic E-state index is 12.6. The first-order valence-corrected chi connectivity index (χ1v) is 9.31. The molecule has 9 heteroatoms. The van der Waals surface area contributed by atoms with Crippen LogP contribution < -0.4 is 5.32 Å². The minimum atomic E-state index is -4.30. The molecule has 0 radical (unpaired) electrons. The van der Waals surface area contributed by atoms with E-state index in [4.69, 9.17) is 0 Å². The minimum absolute atomic E-state index is 0. The largest absolute Gasteiger partial charge is 0.416 e. The molecule has 2 heterocycles. The summed E-state index contributed by atoms with van der Waals surface area (Å²) in [5.74, 6) is 0.209. The van der Waals surface area contributed by atoms with Gasteiger partial charge in [-0.3, -0.25) is 9.69 Å². The molecule has 0 saturated carbocycles. The van der Waals surface area contributed by atoms with E-state index in [1.807, 2.05) is 4.90 Å². The van der Waals surface area contributed by atoms with E-state index in [9.17, 15) is 18.0 Å². The first-order chi connectivity index (χ1) is 12.4. The van der Waals surface area contributed by atoms with Gasteiger partial charge in [0.1, 0.15) is 0 Å². The maximum absolute atomic E-state index is 12.6. The van der Waals surface area contributed by atoms with Crippen molar-refractivity contribution in [1.82, 2.24) is 15.1 Å². The molecular weight excluding hydrogens is 414 g/mol. The van der Waals surface area contributed by atoms with E-state index < -0.39 is 11.7 Å². The zero-order chi connectivity index (χ0) is 18.6. The number of carbonyl (C=O) groups is 1. The summed E-state index contributed by atoms with van der Waals surface area (Å²) in [5, 5.41) is 3.36. The predicted octanol–water partition coefficient (Wildman–Crippen LogP) is 3.73. The van der Waals surface area contributed by atoms with Crippen molar-refractivity contribution in [1.29, 1.82) is 0 Å². The quantitative estimate of drug-likeness (QED) is 0.772. The SMILES string of the molecule is Cl.Cl.O=C(CC1CCCN1)N1CCCN(Cc2ccc(C(F)(F)F)cc2)CC1. The van der Waals surface area contributed by atoms with Crippen LogP contribution in [0.1, 0.15) is 36.8 Å². The lowest BCUT2D eigenvalue weighted by atomic mass is 10.1. The number of nitrogens with one attached hydrogen (secondary N) is 1.